The van der Waals surface area contributed by atoms with E-state index in [0.29, 0.717) is 24.5 Å². The van der Waals surface area contributed by atoms with E-state index in [-0.39, 0.29) is 11.5 Å². The first-order valence-electron chi connectivity index (χ1n) is 7.43. The molecular weight excluding hydrogens is 404 g/mol. The molecule has 1 aromatic heterocycles. The van der Waals surface area contributed by atoms with Gasteiger partial charge in [-0.15, -0.1) is 11.3 Å². The molecule has 1 heterocycles. The Morgan fingerprint density at radius 1 is 1.28 bits per heavy atom. The molecule has 0 bridgehead atoms. The highest BCUT2D eigenvalue weighted by Crippen LogP contribution is 2.27. The number of hydrogen-bond acceptors (Lipinski definition) is 5. The van der Waals surface area contributed by atoms with E-state index < -0.39 is 0 Å². The molecule has 0 saturated carbocycles. The molecule has 2 rings (SSSR count). The van der Waals surface area contributed by atoms with Crippen LogP contribution >= 0.6 is 27.3 Å². The summed E-state index contributed by atoms with van der Waals surface area (Å²) < 4.78 is 11.4. The summed E-state index contributed by atoms with van der Waals surface area (Å²) in [5, 5.41) is 12.0. The summed E-state index contributed by atoms with van der Waals surface area (Å²) >= 11 is 4.82. The molecule has 0 aliphatic rings. The first-order chi connectivity index (χ1) is 12.1. The van der Waals surface area contributed by atoms with Gasteiger partial charge >= 0.3 is 0 Å². The van der Waals surface area contributed by atoms with Crippen LogP contribution in [0, 0.1) is 11.3 Å². The van der Waals surface area contributed by atoms with E-state index in [1.54, 1.807) is 20.3 Å². The Labute approximate surface area is 159 Å². The summed E-state index contributed by atoms with van der Waals surface area (Å²) in [6, 6.07) is 11.3. The molecule has 130 valence electrons. The van der Waals surface area contributed by atoms with Crippen molar-refractivity contribution in [3.8, 4) is 17.6 Å². The number of methoxy groups -OCH3 is 2. The number of nitrogens with one attached hydrogen (secondary N) is 1. The van der Waals surface area contributed by atoms with Crippen molar-refractivity contribution < 1.29 is 14.3 Å². The lowest BCUT2D eigenvalue weighted by atomic mass is 10.1. The van der Waals surface area contributed by atoms with Gasteiger partial charge in [0.1, 0.15) is 11.6 Å². The molecule has 0 fully saturated rings. The quantitative estimate of drug-likeness (QED) is 0.546. The van der Waals surface area contributed by atoms with Crippen LogP contribution in [0.4, 0.5) is 0 Å². The topological polar surface area (TPSA) is 71.3 Å². The maximum Gasteiger partial charge on any atom is 0.261 e. The molecule has 0 aliphatic heterocycles. The van der Waals surface area contributed by atoms with Gasteiger partial charge < -0.3 is 14.8 Å². The number of carbonyl (C=O) groups excluding carboxylic acids is 1. The fourth-order valence-corrected chi connectivity index (χ4v) is 3.52. The van der Waals surface area contributed by atoms with Crippen molar-refractivity contribution >= 4 is 39.2 Å². The van der Waals surface area contributed by atoms with E-state index in [0.717, 1.165) is 14.2 Å². The second-order valence-corrected chi connectivity index (χ2v) is 7.50. The predicted octanol–water partition coefficient (Wildman–Crippen LogP) is 3.79. The molecule has 5 nitrogen and oxygen atoms in total. The molecule has 0 saturated heterocycles. The summed E-state index contributed by atoms with van der Waals surface area (Å²) in [6.45, 7) is 0.418. The Bertz CT molecular complexity index is 824. The monoisotopic (exact) mass is 420 g/mol. The van der Waals surface area contributed by atoms with Crippen molar-refractivity contribution in [2.24, 2.45) is 0 Å². The standard InChI is InChI=1S/C18H17BrN2O3S/c1-23-15-5-3-12(9-16(15)24-2)7-8-21-18(22)13(11-20)10-14-4-6-17(19)25-14/h3-6,9-10H,7-8H2,1-2H3,(H,21,22)/b13-10+. The number of halogens is 1. The van der Waals surface area contributed by atoms with Gasteiger partial charge in [-0.1, -0.05) is 6.07 Å². The van der Waals surface area contributed by atoms with Crippen molar-refractivity contribution in [1.82, 2.24) is 5.32 Å². The van der Waals surface area contributed by atoms with E-state index >= 15 is 0 Å². The molecule has 1 amide bonds. The normalized spacial score (nSPS) is 10.9. The van der Waals surface area contributed by atoms with Crippen LogP contribution in [0.15, 0.2) is 39.7 Å². The number of nitriles is 1. The number of hydrogen-bond donors (Lipinski definition) is 1. The Balaban J connectivity index is 1.95. The summed E-state index contributed by atoms with van der Waals surface area (Å²) in [5.74, 6) is 0.923. The zero-order chi connectivity index (χ0) is 18.2. The number of carbonyl (C=O) groups is 1. The Morgan fingerprint density at radius 3 is 2.64 bits per heavy atom. The third kappa shape index (κ3) is 5.34. The first-order valence-corrected chi connectivity index (χ1v) is 9.04. The molecular formula is C18H17BrN2O3S. The highest BCUT2D eigenvalue weighted by Gasteiger charge is 2.10. The van der Waals surface area contributed by atoms with Crippen molar-refractivity contribution in [2.45, 2.75) is 6.42 Å². The van der Waals surface area contributed by atoms with Gasteiger partial charge in [0.25, 0.3) is 5.91 Å². The molecule has 0 spiro atoms. The highest BCUT2D eigenvalue weighted by atomic mass is 79.9. The fourth-order valence-electron chi connectivity index (χ4n) is 2.15. The molecule has 0 unspecified atom stereocenters. The Hall–Kier alpha value is -2.30. The first kappa shape index (κ1) is 19.0. The van der Waals surface area contributed by atoms with Crippen LogP contribution in [-0.4, -0.2) is 26.7 Å². The van der Waals surface area contributed by atoms with E-state index in [2.05, 4.69) is 21.2 Å². The minimum absolute atomic E-state index is 0.0849. The summed E-state index contributed by atoms with van der Waals surface area (Å²) in [7, 11) is 3.16. The molecule has 0 radical (unpaired) electrons. The van der Waals surface area contributed by atoms with Gasteiger partial charge in [-0.05, 0) is 58.3 Å². The van der Waals surface area contributed by atoms with Crippen molar-refractivity contribution in [3.63, 3.8) is 0 Å². The molecule has 1 aromatic carbocycles. The van der Waals surface area contributed by atoms with Crippen LogP contribution in [0.25, 0.3) is 6.08 Å². The smallest absolute Gasteiger partial charge is 0.261 e. The number of amides is 1. The Morgan fingerprint density at radius 2 is 2.04 bits per heavy atom. The summed E-state index contributed by atoms with van der Waals surface area (Å²) in [6.07, 6.45) is 2.20. The largest absolute Gasteiger partial charge is 0.493 e. The lowest BCUT2D eigenvalue weighted by molar-refractivity contribution is -0.117. The predicted molar refractivity (Wildman–Crippen MR) is 102 cm³/mol. The van der Waals surface area contributed by atoms with Crippen LogP contribution < -0.4 is 14.8 Å². The number of nitrogens with zero attached hydrogens (tertiary/aromatic N) is 1. The third-order valence-corrected chi connectivity index (χ3v) is 4.96. The molecule has 2 aromatic rings. The van der Waals surface area contributed by atoms with Crippen molar-refractivity contribution in [3.05, 3.63) is 50.1 Å². The van der Waals surface area contributed by atoms with Gasteiger partial charge in [-0.3, -0.25) is 4.79 Å². The molecule has 1 N–H and O–H groups in total. The van der Waals surface area contributed by atoms with Crippen molar-refractivity contribution in [2.75, 3.05) is 20.8 Å². The van der Waals surface area contributed by atoms with E-state index in [9.17, 15) is 10.1 Å². The number of rotatable bonds is 7. The van der Waals surface area contributed by atoms with Gasteiger partial charge in [-0.25, -0.2) is 0 Å². The molecule has 0 aliphatic carbocycles. The van der Waals surface area contributed by atoms with Gasteiger partial charge in [-0.2, -0.15) is 5.26 Å². The minimum atomic E-state index is -0.382. The average molecular weight is 421 g/mol. The van der Waals surface area contributed by atoms with E-state index in [1.807, 2.05) is 36.4 Å². The maximum atomic E-state index is 12.1. The van der Waals surface area contributed by atoms with E-state index in [1.165, 1.54) is 11.3 Å². The van der Waals surface area contributed by atoms with Crippen LogP contribution in [-0.2, 0) is 11.2 Å². The molecule has 25 heavy (non-hydrogen) atoms. The second kappa shape index (κ2) is 9.25. The number of benzene rings is 1. The SMILES string of the molecule is COc1ccc(CCNC(=O)/C(C#N)=C/c2ccc(Br)s2)cc1OC. The van der Waals surface area contributed by atoms with E-state index in [4.69, 9.17) is 9.47 Å². The van der Waals surface area contributed by atoms with Gasteiger partial charge in [0, 0.05) is 11.4 Å². The summed E-state index contributed by atoms with van der Waals surface area (Å²) in [4.78, 5) is 13.0. The van der Waals surface area contributed by atoms with Crippen LogP contribution in [0.2, 0.25) is 0 Å². The molecule has 0 atom stereocenters. The average Bonchev–Trinajstić information content (AvgIpc) is 3.04. The lowest BCUT2D eigenvalue weighted by Gasteiger charge is -2.10. The van der Waals surface area contributed by atoms with Crippen LogP contribution in [0.3, 0.4) is 0 Å². The van der Waals surface area contributed by atoms with Gasteiger partial charge in [0.05, 0.1) is 18.0 Å². The second-order valence-electron chi connectivity index (χ2n) is 5.01. The minimum Gasteiger partial charge on any atom is -0.493 e. The van der Waals surface area contributed by atoms with Crippen molar-refractivity contribution in [1.29, 1.82) is 5.26 Å². The van der Waals surface area contributed by atoms with Crippen LogP contribution in [0.5, 0.6) is 11.5 Å². The fraction of sp³-hybridized carbons (Fsp3) is 0.222. The van der Waals surface area contributed by atoms with Gasteiger partial charge in [0.2, 0.25) is 0 Å². The molecule has 7 heteroatoms. The Kier molecular flexibility index (Phi) is 7.04. The number of thiophene rings is 1. The highest BCUT2D eigenvalue weighted by molar-refractivity contribution is 9.11. The number of ether oxygens (including phenoxy) is 2. The lowest BCUT2D eigenvalue weighted by Crippen LogP contribution is -2.26. The zero-order valence-corrected chi connectivity index (χ0v) is 16.2. The third-order valence-electron chi connectivity index (χ3n) is 3.39. The summed E-state index contributed by atoms with van der Waals surface area (Å²) in [5.41, 5.74) is 1.09. The maximum absolute atomic E-state index is 12.1. The zero-order valence-electron chi connectivity index (χ0n) is 13.8. The van der Waals surface area contributed by atoms with Gasteiger partial charge in [0.15, 0.2) is 11.5 Å². The van der Waals surface area contributed by atoms with Crippen LogP contribution in [0.1, 0.15) is 10.4 Å².